The van der Waals surface area contributed by atoms with Crippen LogP contribution in [-0.2, 0) is 6.54 Å². The van der Waals surface area contributed by atoms with E-state index in [1.807, 2.05) is 24.3 Å². The van der Waals surface area contributed by atoms with Gasteiger partial charge in [-0.05, 0) is 86.0 Å². The van der Waals surface area contributed by atoms with Crippen LogP contribution in [0.5, 0.6) is 0 Å². The molecule has 1 aliphatic heterocycles. The number of anilines is 3. The molecule has 1 fully saturated rings. The summed E-state index contributed by atoms with van der Waals surface area (Å²) in [4.78, 5) is 4.94. The Morgan fingerprint density at radius 2 is 1.40 bits per heavy atom. The Morgan fingerprint density at radius 3 is 2.03 bits per heavy atom. The second-order valence-electron chi connectivity index (χ2n) is 9.30. The zero-order valence-corrected chi connectivity index (χ0v) is 21.5. The molecule has 0 aliphatic carbocycles. The van der Waals surface area contributed by atoms with Crippen molar-refractivity contribution >= 4 is 28.7 Å². The number of aromatic nitrogens is 1. The molecule has 4 aromatic rings. The van der Waals surface area contributed by atoms with Crippen LogP contribution in [-0.4, -0.2) is 30.7 Å². The van der Waals surface area contributed by atoms with Gasteiger partial charge in [-0.1, -0.05) is 35.9 Å². The van der Waals surface area contributed by atoms with Gasteiger partial charge < -0.3 is 20.1 Å². The summed E-state index contributed by atoms with van der Waals surface area (Å²) in [6.07, 6.45) is 0. The van der Waals surface area contributed by atoms with Crippen LogP contribution < -0.4 is 15.5 Å². The molecule has 4 nitrogen and oxygen atoms in total. The molecule has 2 heterocycles. The molecule has 1 aromatic heterocycles. The van der Waals surface area contributed by atoms with E-state index in [2.05, 4.69) is 83.7 Å². The van der Waals surface area contributed by atoms with Crippen molar-refractivity contribution in [3.8, 4) is 22.4 Å². The molecule has 0 bridgehead atoms. The minimum atomic E-state index is 0.762. The van der Waals surface area contributed by atoms with Gasteiger partial charge in [0.15, 0.2) is 0 Å². The molecular formula is C30H33ClN4. The van der Waals surface area contributed by atoms with Crippen molar-refractivity contribution in [1.29, 1.82) is 0 Å². The van der Waals surface area contributed by atoms with Crippen molar-refractivity contribution in [1.82, 2.24) is 4.57 Å². The fraction of sp³-hybridized carbons (Fsp3) is 0.267. The molecule has 0 radical (unpaired) electrons. The third kappa shape index (κ3) is 4.51. The molecule has 1 saturated heterocycles. The van der Waals surface area contributed by atoms with E-state index in [0.29, 0.717) is 0 Å². The zero-order valence-electron chi connectivity index (χ0n) is 20.8. The van der Waals surface area contributed by atoms with E-state index in [1.54, 1.807) is 0 Å². The fourth-order valence-electron chi connectivity index (χ4n) is 5.29. The van der Waals surface area contributed by atoms with E-state index in [1.165, 1.54) is 45.0 Å². The Bertz CT molecular complexity index is 1310. The Kier molecular flexibility index (Phi) is 6.48. The Labute approximate surface area is 213 Å². The molecule has 0 amide bonds. The van der Waals surface area contributed by atoms with E-state index < -0.39 is 0 Å². The Hall–Kier alpha value is -3.37. The van der Waals surface area contributed by atoms with Crippen LogP contribution in [0.4, 0.5) is 17.1 Å². The average molecular weight is 485 g/mol. The molecule has 0 unspecified atom stereocenters. The SMILES string of the molecule is CCn1c(C)c(C)c(-c2cccc(N3CCN(c4ccc(N)cc4)CC3)c2)c1-c1ccc(Cl)cc1. The number of nitrogens with zero attached hydrogens (tertiary/aromatic N) is 3. The van der Waals surface area contributed by atoms with Gasteiger partial charge in [0.2, 0.25) is 0 Å². The topological polar surface area (TPSA) is 37.4 Å². The van der Waals surface area contributed by atoms with Crippen molar-refractivity contribution in [3.05, 3.63) is 89.1 Å². The number of nitrogen functional groups attached to an aromatic ring is 1. The first-order valence-electron chi connectivity index (χ1n) is 12.4. The predicted molar refractivity (Wildman–Crippen MR) is 151 cm³/mol. The number of halogens is 1. The van der Waals surface area contributed by atoms with E-state index in [-0.39, 0.29) is 0 Å². The summed E-state index contributed by atoms with van der Waals surface area (Å²) in [7, 11) is 0. The second-order valence-corrected chi connectivity index (χ2v) is 9.74. The summed E-state index contributed by atoms with van der Waals surface area (Å²) >= 11 is 6.21. The lowest BCUT2D eigenvalue weighted by Crippen LogP contribution is -2.46. The molecule has 0 spiro atoms. The first-order chi connectivity index (χ1) is 17.0. The van der Waals surface area contributed by atoms with Gasteiger partial charge in [-0.25, -0.2) is 0 Å². The summed E-state index contributed by atoms with van der Waals surface area (Å²) < 4.78 is 2.42. The number of rotatable bonds is 5. The van der Waals surface area contributed by atoms with Gasteiger partial charge in [0.25, 0.3) is 0 Å². The van der Waals surface area contributed by atoms with E-state index in [9.17, 15) is 0 Å². The van der Waals surface area contributed by atoms with Crippen LogP contribution in [0.15, 0.2) is 72.8 Å². The average Bonchev–Trinajstić information content (AvgIpc) is 3.15. The molecule has 5 rings (SSSR count). The summed E-state index contributed by atoms with van der Waals surface area (Å²) in [5, 5.41) is 0.762. The highest BCUT2D eigenvalue weighted by molar-refractivity contribution is 6.30. The smallest absolute Gasteiger partial charge is 0.0564 e. The maximum atomic E-state index is 6.21. The minimum Gasteiger partial charge on any atom is -0.399 e. The Morgan fingerprint density at radius 1 is 0.771 bits per heavy atom. The van der Waals surface area contributed by atoms with Gasteiger partial charge in [-0.2, -0.15) is 0 Å². The van der Waals surface area contributed by atoms with Crippen LogP contribution in [0.3, 0.4) is 0 Å². The molecule has 3 aromatic carbocycles. The predicted octanol–water partition coefficient (Wildman–Crippen LogP) is 7.02. The van der Waals surface area contributed by atoms with Crippen molar-refractivity contribution in [2.75, 3.05) is 41.7 Å². The second kappa shape index (κ2) is 9.71. The fourth-order valence-corrected chi connectivity index (χ4v) is 5.41. The molecular weight excluding hydrogens is 452 g/mol. The summed E-state index contributed by atoms with van der Waals surface area (Å²) in [6, 6.07) is 25.5. The first-order valence-corrected chi connectivity index (χ1v) is 12.8. The van der Waals surface area contributed by atoms with Crippen molar-refractivity contribution < 1.29 is 0 Å². The van der Waals surface area contributed by atoms with Crippen molar-refractivity contribution in [2.24, 2.45) is 0 Å². The maximum Gasteiger partial charge on any atom is 0.0564 e. The van der Waals surface area contributed by atoms with E-state index in [0.717, 1.165) is 43.4 Å². The summed E-state index contributed by atoms with van der Waals surface area (Å²) in [5.74, 6) is 0. The van der Waals surface area contributed by atoms with Crippen LogP contribution in [0, 0.1) is 13.8 Å². The number of nitrogens with two attached hydrogens (primary N) is 1. The molecule has 180 valence electrons. The molecule has 35 heavy (non-hydrogen) atoms. The van der Waals surface area contributed by atoms with Crippen molar-refractivity contribution in [2.45, 2.75) is 27.3 Å². The summed E-state index contributed by atoms with van der Waals surface area (Å²) in [6.45, 7) is 11.6. The van der Waals surface area contributed by atoms with Crippen LogP contribution in [0.1, 0.15) is 18.2 Å². The lowest BCUT2D eigenvalue weighted by molar-refractivity contribution is 0.654. The van der Waals surface area contributed by atoms with Crippen LogP contribution in [0.25, 0.3) is 22.4 Å². The summed E-state index contributed by atoms with van der Waals surface area (Å²) in [5.41, 5.74) is 16.9. The standard InChI is InChI=1S/C30H33ClN4/c1-4-35-22(3)21(2)29(30(35)23-8-10-25(31)11-9-23)24-6-5-7-28(20-24)34-18-16-33(17-19-34)27-14-12-26(32)13-15-27/h5-15,20H,4,16-19,32H2,1-3H3. The number of hydrogen-bond donors (Lipinski definition) is 1. The first kappa shape index (κ1) is 23.4. The highest BCUT2D eigenvalue weighted by Gasteiger charge is 2.22. The van der Waals surface area contributed by atoms with Crippen molar-refractivity contribution in [3.63, 3.8) is 0 Å². The quantitative estimate of drug-likeness (QED) is 0.309. The lowest BCUT2D eigenvalue weighted by Gasteiger charge is -2.37. The van der Waals surface area contributed by atoms with Gasteiger partial charge in [-0.3, -0.25) is 0 Å². The van der Waals surface area contributed by atoms with E-state index >= 15 is 0 Å². The third-order valence-corrected chi connectivity index (χ3v) is 7.55. The van der Waals surface area contributed by atoms with Crippen LogP contribution >= 0.6 is 11.6 Å². The number of benzene rings is 3. The minimum absolute atomic E-state index is 0.762. The van der Waals surface area contributed by atoms with Gasteiger partial charge in [-0.15, -0.1) is 0 Å². The van der Waals surface area contributed by atoms with Gasteiger partial charge in [0.1, 0.15) is 0 Å². The highest BCUT2D eigenvalue weighted by atomic mass is 35.5. The van der Waals surface area contributed by atoms with E-state index in [4.69, 9.17) is 17.3 Å². The largest absolute Gasteiger partial charge is 0.399 e. The van der Waals surface area contributed by atoms with Crippen LogP contribution in [0.2, 0.25) is 5.02 Å². The molecule has 2 N–H and O–H groups in total. The molecule has 0 saturated carbocycles. The Balaban J connectivity index is 1.46. The molecule has 0 atom stereocenters. The highest BCUT2D eigenvalue weighted by Crippen LogP contribution is 2.40. The van der Waals surface area contributed by atoms with Gasteiger partial charge >= 0.3 is 0 Å². The van der Waals surface area contributed by atoms with Gasteiger partial charge in [0, 0.05) is 66.1 Å². The molecule has 5 heteroatoms. The zero-order chi connectivity index (χ0) is 24.5. The monoisotopic (exact) mass is 484 g/mol. The third-order valence-electron chi connectivity index (χ3n) is 7.30. The maximum absolute atomic E-state index is 6.21. The number of piperazine rings is 1. The number of hydrogen-bond acceptors (Lipinski definition) is 3. The van der Waals surface area contributed by atoms with Gasteiger partial charge in [0.05, 0.1) is 5.69 Å². The lowest BCUT2D eigenvalue weighted by atomic mass is 9.97. The normalized spacial score (nSPS) is 13.9. The molecule has 1 aliphatic rings.